The Morgan fingerprint density at radius 3 is 2.38 bits per heavy atom. The summed E-state index contributed by atoms with van der Waals surface area (Å²) in [7, 11) is 0. The highest BCUT2D eigenvalue weighted by Crippen LogP contribution is 2.20. The van der Waals surface area contributed by atoms with E-state index in [2.05, 4.69) is 47.2 Å². The molecule has 3 nitrogen and oxygen atoms in total. The lowest BCUT2D eigenvalue weighted by Crippen LogP contribution is -2.28. The molecule has 0 aliphatic heterocycles. The Bertz CT molecular complexity index is 419. The molecule has 0 fully saturated rings. The van der Waals surface area contributed by atoms with E-state index in [1.807, 2.05) is 12.1 Å². The van der Waals surface area contributed by atoms with Crippen LogP contribution in [0.1, 0.15) is 57.6 Å². The number of nitrogens with two attached hydrogens (primary N) is 1. The number of hydrogen-bond acceptors (Lipinski definition) is 2. The maximum atomic E-state index is 12.1. The van der Waals surface area contributed by atoms with Crippen LogP contribution in [0.5, 0.6) is 0 Å². The number of benzene rings is 1. The van der Waals surface area contributed by atoms with Crippen molar-refractivity contribution in [2.75, 3.05) is 6.54 Å². The minimum absolute atomic E-state index is 0.0974. The largest absolute Gasteiger partial charge is 0.349 e. The van der Waals surface area contributed by atoms with Crippen molar-refractivity contribution >= 4 is 21.8 Å². The van der Waals surface area contributed by atoms with Gasteiger partial charge in [0, 0.05) is 10.9 Å². The number of carbonyl (C=O) groups is 1. The summed E-state index contributed by atoms with van der Waals surface area (Å²) in [6.45, 7) is 4.96. The summed E-state index contributed by atoms with van der Waals surface area (Å²) < 4.78 is 1.06. The minimum atomic E-state index is 0.0974. The van der Waals surface area contributed by atoms with Crippen LogP contribution in [-0.4, -0.2) is 12.5 Å². The van der Waals surface area contributed by atoms with Crippen molar-refractivity contribution in [3.05, 3.63) is 34.3 Å². The maximum absolute atomic E-state index is 12.1. The van der Waals surface area contributed by atoms with Crippen molar-refractivity contribution in [1.29, 1.82) is 0 Å². The molecule has 0 aromatic heterocycles. The first kappa shape index (κ1) is 18.2. The van der Waals surface area contributed by atoms with Crippen LogP contribution < -0.4 is 11.1 Å². The van der Waals surface area contributed by atoms with Crippen LogP contribution in [-0.2, 0) is 4.79 Å². The van der Waals surface area contributed by atoms with E-state index in [4.69, 9.17) is 5.73 Å². The number of hydrogen-bond donors (Lipinski definition) is 2. The van der Waals surface area contributed by atoms with Gasteiger partial charge in [-0.3, -0.25) is 4.79 Å². The second-order valence-corrected chi connectivity index (χ2v) is 6.39. The predicted molar refractivity (Wildman–Crippen MR) is 92.0 cm³/mol. The first-order chi connectivity index (χ1) is 10.1. The molecule has 0 heterocycles. The van der Waals surface area contributed by atoms with E-state index < -0.39 is 0 Å². The molecule has 1 rings (SSSR count). The standard InChI is InChI=1S/C17H27BrN2O/c1-3-13(11-12-19)5-10-17(21)20-16(4-2)14-6-8-15(18)9-7-14/h6-9,13,16H,3-5,10-12,19H2,1-2H3,(H,20,21). The van der Waals surface area contributed by atoms with Crippen molar-refractivity contribution in [3.63, 3.8) is 0 Å². The minimum Gasteiger partial charge on any atom is -0.349 e. The topological polar surface area (TPSA) is 55.1 Å². The van der Waals surface area contributed by atoms with E-state index in [0.29, 0.717) is 18.9 Å². The molecule has 0 bridgehead atoms. The molecule has 0 saturated heterocycles. The molecule has 4 heteroatoms. The molecule has 118 valence electrons. The van der Waals surface area contributed by atoms with Crippen LogP contribution in [0.2, 0.25) is 0 Å². The molecule has 0 saturated carbocycles. The maximum Gasteiger partial charge on any atom is 0.220 e. The van der Waals surface area contributed by atoms with Crippen molar-refractivity contribution < 1.29 is 4.79 Å². The highest BCUT2D eigenvalue weighted by molar-refractivity contribution is 9.10. The Hall–Kier alpha value is -0.870. The summed E-state index contributed by atoms with van der Waals surface area (Å²) in [4.78, 5) is 12.1. The molecule has 0 aliphatic rings. The van der Waals surface area contributed by atoms with Gasteiger partial charge >= 0.3 is 0 Å². The van der Waals surface area contributed by atoms with Gasteiger partial charge in [0.15, 0.2) is 0 Å². The SMILES string of the molecule is CCC(CCN)CCC(=O)NC(CC)c1ccc(Br)cc1. The van der Waals surface area contributed by atoms with Crippen molar-refractivity contribution in [1.82, 2.24) is 5.32 Å². The third-order valence-corrected chi connectivity index (χ3v) is 4.48. The van der Waals surface area contributed by atoms with Crippen LogP contribution >= 0.6 is 15.9 Å². The van der Waals surface area contributed by atoms with E-state index in [0.717, 1.165) is 35.7 Å². The zero-order valence-corrected chi connectivity index (χ0v) is 14.7. The van der Waals surface area contributed by atoms with Gasteiger partial charge in [0.1, 0.15) is 0 Å². The van der Waals surface area contributed by atoms with Gasteiger partial charge < -0.3 is 11.1 Å². The average molecular weight is 355 g/mol. The number of nitrogens with one attached hydrogen (secondary N) is 1. The van der Waals surface area contributed by atoms with Gasteiger partial charge in [-0.2, -0.15) is 0 Å². The molecule has 1 aromatic carbocycles. The van der Waals surface area contributed by atoms with Gasteiger partial charge in [-0.1, -0.05) is 48.3 Å². The third kappa shape index (κ3) is 6.62. The van der Waals surface area contributed by atoms with E-state index in [1.54, 1.807) is 0 Å². The average Bonchev–Trinajstić information content (AvgIpc) is 2.50. The van der Waals surface area contributed by atoms with E-state index in [9.17, 15) is 4.79 Å². The normalized spacial score (nSPS) is 13.7. The Balaban J connectivity index is 2.49. The first-order valence-corrected chi connectivity index (χ1v) is 8.64. The van der Waals surface area contributed by atoms with Gasteiger partial charge in [-0.25, -0.2) is 0 Å². The van der Waals surface area contributed by atoms with Crippen molar-refractivity contribution in [3.8, 4) is 0 Å². The Morgan fingerprint density at radius 1 is 1.19 bits per heavy atom. The Morgan fingerprint density at radius 2 is 1.86 bits per heavy atom. The summed E-state index contributed by atoms with van der Waals surface area (Å²) in [5.74, 6) is 0.703. The van der Waals surface area contributed by atoms with Gasteiger partial charge in [0.2, 0.25) is 5.91 Å². The summed E-state index contributed by atoms with van der Waals surface area (Å²) in [5.41, 5.74) is 6.75. The highest BCUT2D eigenvalue weighted by atomic mass is 79.9. The molecule has 3 N–H and O–H groups in total. The molecule has 21 heavy (non-hydrogen) atoms. The third-order valence-electron chi connectivity index (χ3n) is 3.95. The molecular formula is C17H27BrN2O. The molecule has 0 spiro atoms. The van der Waals surface area contributed by atoms with Crippen LogP contribution in [0, 0.1) is 5.92 Å². The molecule has 0 radical (unpaired) electrons. The number of rotatable bonds is 9. The molecule has 0 aliphatic carbocycles. The van der Waals surface area contributed by atoms with Crippen molar-refractivity contribution in [2.45, 2.75) is 52.0 Å². The van der Waals surface area contributed by atoms with Crippen LogP contribution in [0.25, 0.3) is 0 Å². The van der Waals surface area contributed by atoms with E-state index >= 15 is 0 Å². The second-order valence-electron chi connectivity index (χ2n) is 5.47. The van der Waals surface area contributed by atoms with Gasteiger partial charge in [0.25, 0.3) is 0 Å². The summed E-state index contributed by atoms with van der Waals surface area (Å²) in [5, 5.41) is 3.14. The fourth-order valence-corrected chi connectivity index (χ4v) is 2.77. The molecular weight excluding hydrogens is 328 g/mol. The van der Waals surface area contributed by atoms with Crippen LogP contribution in [0.15, 0.2) is 28.7 Å². The monoisotopic (exact) mass is 354 g/mol. The lowest BCUT2D eigenvalue weighted by Gasteiger charge is -2.19. The fourth-order valence-electron chi connectivity index (χ4n) is 2.51. The quantitative estimate of drug-likeness (QED) is 0.698. The Kier molecular flexibility index (Phi) is 8.62. The van der Waals surface area contributed by atoms with E-state index in [-0.39, 0.29) is 11.9 Å². The number of amides is 1. The second kappa shape index (κ2) is 9.96. The predicted octanol–water partition coefficient (Wildman–Crippen LogP) is 4.17. The number of carbonyl (C=O) groups excluding carboxylic acids is 1. The Labute approximate surface area is 136 Å². The molecule has 2 unspecified atom stereocenters. The lowest BCUT2D eigenvalue weighted by molar-refractivity contribution is -0.122. The molecule has 1 aromatic rings. The highest BCUT2D eigenvalue weighted by Gasteiger charge is 2.14. The first-order valence-electron chi connectivity index (χ1n) is 7.85. The smallest absolute Gasteiger partial charge is 0.220 e. The number of halogens is 1. The summed E-state index contributed by atoms with van der Waals surface area (Å²) in [6.07, 6.45) is 4.51. The van der Waals surface area contributed by atoms with Gasteiger partial charge in [0.05, 0.1) is 6.04 Å². The fraction of sp³-hybridized carbons (Fsp3) is 0.588. The summed E-state index contributed by atoms with van der Waals surface area (Å²) in [6, 6.07) is 8.24. The zero-order valence-electron chi connectivity index (χ0n) is 13.1. The van der Waals surface area contributed by atoms with Crippen molar-refractivity contribution in [2.24, 2.45) is 11.7 Å². The van der Waals surface area contributed by atoms with Gasteiger partial charge in [-0.05, 0) is 49.4 Å². The zero-order chi connectivity index (χ0) is 15.7. The lowest BCUT2D eigenvalue weighted by atomic mass is 9.96. The van der Waals surface area contributed by atoms with Crippen LogP contribution in [0.3, 0.4) is 0 Å². The van der Waals surface area contributed by atoms with Gasteiger partial charge in [-0.15, -0.1) is 0 Å². The summed E-state index contributed by atoms with van der Waals surface area (Å²) >= 11 is 3.43. The van der Waals surface area contributed by atoms with Crippen LogP contribution in [0.4, 0.5) is 0 Å². The molecule has 1 amide bonds. The van der Waals surface area contributed by atoms with E-state index in [1.165, 1.54) is 0 Å². The molecule has 2 atom stereocenters.